The van der Waals surface area contributed by atoms with Crippen molar-refractivity contribution in [1.82, 2.24) is 9.78 Å². The monoisotopic (exact) mass is 460 g/mol. The molecule has 4 rings (SSSR count). The van der Waals surface area contributed by atoms with E-state index in [-0.39, 0.29) is 6.61 Å². The Morgan fingerprint density at radius 1 is 1.03 bits per heavy atom. The fourth-order valence-electron chi connectivity index (χ4n) is 5.18. The van der Waals surface area contributed by atoms with Crippen molar-refractivity contribution in [2.75, 3.05) is 13.2 Å². The van der Waals surface area contributed by atoms with E-state index in [1.807, 2.05) is 0 Å². The van der Waals surface area contributed by atoms with E-state index < -0.39 is 5.97 Å². The quantitative estimate of drug-likeness (QED) is 0.381. The lowest BCUT2D eigenvalue weighted by molar-refractivity contribution is -0.142. The van der Waals surface area contributed by atoms with Crippen LogP contribution in [0.2, 0.25) is 0 Å². The first-order chi connectivity index (χ1) is 16.5. The van der Waals surface area contributed by atoms with Crippen molar-refractivity contribution in [2.45, 2.75) is 58.9 Å². The molecule has 1 fully saturated rings. The summed E-state index contributed by atoms with van der Waals surface area (Å²) in [6.07, 6.45) is 6.52. The lowest BCUT2D eigenvalue weighted by Gasteiger charge is -2.28. The number of aryl methyl sites for hydroxylation is 1. The third kappa shape index (κ3) is 5.95. The minimum Gasteiger partial charge on any atom is -0.480 e. The maximum atomic E-state index is 10.7. The zero-order chi connectivity index (χ0) is 23.9. The molecule has 1 aliphatic rings. The summed E-state index contributed by atoms with van der Waals surface area (Å²) in [6, 6.07) is 19.3. The fraction of sp³-hybridized carbons (Fsp3) is 0.448. The molecule has 1 aliphatic carbocycles. The first-order valence-electron chi connectivity index (χ1n) is 12.6. The Labute approximate surface area is 202 Å². The van der Waals surface area contributed by atoms with Gasteiger partial charge in [0.25, 0.3) is 0 Å². The zero-order valence-electron chi connectivity index (χ0n) is 20.4. The van der Waals surface area contributed by atoms with E-state index in [2.05, 4.69) is 73.1 Å². The van der Waals surface area contributed by atoms with E-state index in [0.29, 0.717) is 18.4 Å². The predicted molar refractivity (Wildman–Crippen MR) is 136 cm³/mol. The van der Waals surface area contributed by atoms with E-state index in [9.17, 15) is 4.79 Å². The molecule has 0 atom stereocenters. The van der Waals surface area contributed by atoms with Crippen LogP contribution in [-0.4, -0.2) is 34.1 Å². The normalized spacial score (nSPS) is 18.2. The van der Waals surface area contributed by atoms with Gasteiger partial charge in [-0.15, -0.1) is 0 Å². The fourth-order valence-corrected chi connectivity index (χ4v) is 5.18. The van der Waals surface area contributed by atoms with Gasteiger partial charge >= 0.3 is 5.97 Å². The smallest absolute Gasteiger partial charge is 0.329 e. The Kier molecular flexibility index (Phi) is 8.17. The van der Waals surface area contributed by atoms with Gasteiger partial charge in [-0.3, -0.25) is 4.68 Å². The number of carbonyl (C=O) groups is 1. The predicted octanol–water partition coefficient (Wildman–Crippen LogP) is 6.39. The first-order valence-corrected chi connectivity index (χ1v) is 12.6. The van der Waals surface area contributed by atoms with Crippen LogP contribution in [0.4, 0.5) is 0 Å². The highest BCUT2D eigenvalue weighted by molar-refractivity contribution is 5.83. The molecule has 1 saturated carbocycles. The van der Waals surface area contributed by atoms with Gasteiger partial charge in [-0.05, 0) is 56.4 Å². The van der Waals surface area contributed by atoms with Crippen LogP contribution in [0.3, 0.4) is 0 Å². The molecule has 3 aromatic rings. The summed E-state index contributed by atoms with van der Waals surface area (Å²) in [6.45, 7) is 5.68. The largest absolute Gasteiger partial charge is 0.480 e. The highest BCUT2D eigenvalue weighted by Crippen LogP contribution is 2.37. The summed E-state index contributed by atoms with van der Waals surface area (Å²) in [5.74, 6) is 0.153. The van der Waals surface area contributed by atoms with E-state index in [4.69, 9.17) is 14.9 Å². The van der Waals surface area contributed by atoms with Crippen LogP contribution in [-0.2, 0) is 22.5 Å². The second-order valence-electron chi connectivity index (χ2n) is 9.63. The molecule has 2 aromatic carbocycles. The van der Waals surface area contributed by atoms with Crippen molar-refractivity contribution in [3.8, 4) is 22.4 Å². The average molecular weight is 461 g/mol. The molecule has 0 unspecified atom stereocenters. The van der Waals surface area contributed by atoms with Gasteiger partial charge in [-0.25, -0.2) is 4.79 Å². The van der Waals surface area contributed by atoms with Crippen LogP contribution >= 0.6 is 0 Å². The van der Waals surface area contributed by atoms with E-state index in [0.717, 1.165) is 56.3 Å². The molecule has 180 valence electrons. The maximum absolute atomic E-state index is 10.7. The molecule has 1 heterocycles. The number of ether oxygens (including phenoxy) is 1. The SMILES string of the molecule is CCCc1c(-c2cccc(C)c2)c(-c2ccccc2)nn1C[C@H]1CC[C@@H](COCC(=O)O)CC1. The Morgan fingerprint density at radius 2 is 1.74 bits per heavy atom. The molecule has 1 aromatic heterocycles. The van der Waals surface area contributed by atoms with Gasteiger partial charge in [0.05, 0.1) is 6.61 Å². The van der Waals surface area contributed by atoms with Gasteiger partial charge in [0.1, 0.15) is 12.3 Å². The van der Waals surface area contributed by atoms with Gasteiger partial charge < -0.3 is 9.84 Å². The minimum absolute atomic E-state index is 0.197. The van der Waals surface area contributed by atoms with E-state index in [1.54, 1.807) is 0 Å². The Morgan fingerprint density at radius 3 is 2.41 bits per heavy atom. The highest BCUT2D eigenvalue weighted by Gasteiger charge is 2.25. The van der Waals surface area contributed by atoms with Gasteiger partial charge in [-0.1, -0.05) is 73.5 Å². The summed E-state index contributed by atoms with van der Waals surface area (Å²) in [5, 5.41) is 14.0. The van der Waals surface area contributed by atoms with Crippen molar-refractivity contribution in [3.05, 3.63) is 65.9 Å². The highest BCUT2D eigenvalue weighted by atomic mass is 16.5. The second kappa shape index (κ2) is 11.5. The molecule has 34 heavy (non-hydrogen) atoms. The van der Waals surface area contributed by atoms with Crippen molar-refractivity contribution < 1.29 is 14.6 Å². The summed E-state index contributed by atoms with van der Waals surface area (Å²) < 4.78 is 7.64. The lowest BCUT2D eigenvalue weighted by Crippen LogP contribution is -2.23. The van der Waals surface area contributed by atoms with Crippen molar-refractivity contribution in [1.29, 1.82) is 0 Å². The van der Waals surface area contributed by atoms with Crippen LogP contribution in [0, 0.1) is 18.8 Å². The maximum Gasteiger partial charge on any atom is 0.329 e. The van der Waals surface area contributed by atoms with Crippen molar-refractivity contribution in [2.24, 2.45) is 11.8 Å². The number of rotatable bonds is 10. The van der Waals surface area contributed by atoms with Crippen LogP contribution in [0.1, 0.15) is 50.3 Å². The standard InChI is InChI=1S/C29H36N2O3/c1-3-8-26-28(25-12-7-9-21(2)17-25)29(24-10-5-4-6-11-24)30-31(26)18-22-13-15-23(16-14-22)19-34-20-27(32)33/h4-7,9-12,17,22-23H,3,8,13-16,18-20H2,1-2H3,(H,32,33)/t22-,23+. The molecule has 0 spiro atoms. The van der Waals surface area contributed by atoms with Gasteiger partial charge in [0, 0.05) is 23.4 Å². The number of carboxylic acids is 1. The minimum atomic E-state index is -0.894. The summed E-state index contributed by atoms with van der Waals surface area (Å²) >= 11 is 0. The second-order valence-corrected chi connectivity index (χ2v) is 9.63. The van der Waals surface area contributed by atoms with Crippen LogP contribution in [0.25, 0.3) is 22.4 Å². The Bertz CT molecular complexity index is 1080. The zero-order valence-corrected chi connectivity index (χ0v) is 20.4. The van der Waals surface area contributed by atoms with Crippen molar-refractivity contribution >= 4 is 5.97 Å². The molecule has 0 aliphatic heterocycles. The molecular formula is C29H36N2O3. The molecule has 0 saturated heterocycles. The molecule has 5 nitrogen and oxygen atoms in total. The van der Waals surface area contributed by atoms with Crippen LogP contribution in [0.15, 0.2) is 54.6 Å². The van der Waals surface area contributed by atoms with E-state index >= 15 is 0 Å². The topological polar surface area (TPSA) is 64.4 Å². The molecular weight excluding hydrogens is 424 g/mol. The summed E-state index contributed by atoms with van der Waals surface area (Å²) in [7, 11) is 0. The van der Waals surface area contributed by atoms with Crippen molar-refractivity contribution in [3.63, 3.8) is 0 Å². The molecule has 0 radical (unpaired) electrons. The Balaban J connectivity index is 1.59. The van der Waals surface area contributed by atoms with Gasteiger partial charge in [-0.2, -0.15) is 5.10 Å². The van der Waals surface area contributed by atoms with Crippen LogP contribution < -0.4 is 0 Å². The third-order valence-corrected chi connectivity index (χ3v) is 6.87. The summed E-state index contributed by atoms with van der Waals surface area (Å²) in [5.41, 5.74) is 7.34. The first kappa shape index (κ1) is 24.2. The number of carboxylic acid groups (broad SMARTS) is 1. The number of hydrogen-bond acceptors (Lipinski definition) is 3. The van der Waals surface area contributed by atoms with Gasteiger partial charge in [0.15, 0.2) is 0 Å². The third-order valence-electron chi connectivity index (χ3n) is 6.87. The lowest BCUT2D eigenvalue weighted by atomic mass is 9.82. The molecule has 0 amide bonds. The van der Waals surface area contributed by atoms with Crippen LogP contribution in [0.5, 0.6) is 0 Å². The van der Waals surface area contributed by atoms with E-state index in [1.165, 1.54) is 22.4 Å². The number of benzene rings is 2. The number of aromatic nitrogens is 2. The van der Waals surface area contributed by atoms with Gasteiger partial charge in [0.2, 0.25) is 0 Å². The molecule has 5 heteroatoms. The molecule has 0 bridgehead atoms. The number of nitrogens with zero attached hydrogens (tertiary/aromatic N) is 2. The summed E-state index contributed by atoms with van der Waals surface area (Å²) in [4.78, 5) is 10.7. The Hall–Kier alpha value is -2.92. The molecule has 1 N–H and O–H groups in total. The number of aliphatic carboxylic acids is 1. The average Bonchev–Trinajstić information content (AvgIpc) is 3.19. The number of hydrogen-bond donors (Lipinski definition) is 1.